The van der Waals surface area contributed by atoms with E-state index in [0.29, 0.717) is 30.2 Å². The zero-order chi connectivity index (χ0) is 22.3. The summed E-state index contributed by atoms with van der Waals surface area (Å²) in [6.45, 7) is 2.06. The molecule has 1 aromatic rings. The van der Waals surface area contributed by atoms with Crippen LogP contribution in [0.5, 0.6) is 0 Å². The number of rotatable bonds is 10. The Morgan fingerprint density at radius 3 is 2.62 bits per heavy atom. The lowest BCUT2D eigenvalue weighted by Crippen LogP contribution is -2.43. The number of carboxylic acid groups (broad SMARTS) is 1. The minimum atomic E-state index is -0.918. The van der Waals surface area contributed by atoms with Crippen LogP contribution in [0.3, 0.4) is 0 Å². The number of anilines is 1. The minimum absolute atomic E-state index is 0. The van der Waals surface area contributed by atoms with Gasteiger partial charge in [-0.15, -0.1) is 0 Å². The van der Waals surface area contributed by atoms with Crippen LogP contribution in [-0.4, -0.2) is 60.2 Å². The number of hydrogen-bond donors (Lipinski definition) is 3. The quantitative estimate of drug-likeness (QED) is 0.410. The summed E-state index contributed by atoms with van der Waals surface area (Å²) in [5, 5.41) is 16.1. The van der Waals surface area contributed by atoms with Crippen LogP contribution in [0, 0.1) is 18.8 Å². The van der Waals surface area contributed by atoms with Crippen molar-refractivity contribution in [3.63, 3.8) is 0 Å². The summed E-state index contributed by atoms with van der Waals surface area (Å²) in [6, 6.07) is 5.29. The largest absolute Gasteiger partial charge is 0.465 e. The molecule has 0 aromatic heterocycles. The fourth-order valence-corrected chi connectivity index (χ4v) is 5.69. The molecule has 2 bridgehead atoms. The van der Waals surface area contributed by atoms with E-state index in [1.54, 1.807) is 23.9 Å². The topological polar surface area (TPSA) is 81.7 Å². The van der Waals surface area contributed by atoms with Crippen molar-refractivity contribution in [3.8, 4) is 0 Å². The normalized spacial score (nSPS) is 21.9. The lowest BCUT2D eigenvalue weighted by Gasteiger charge is -2.45. The highest BCUT2D eigenvalue weighted by molar-refractivity contribution is 7.98. The van der Waals surface area contributed by atoms with Crippen molar-refractivity contribution in [3.05, 3.63) is 36.2 Å². The van der Waals surface area contributed by atoms with E-state index >= 15 is 0 Å². The third-order valence-corrected chi connectivity index (χ3v) is 7.66. The molecule has 0 saturated heterocycles. The summed E-state index contributed by atoms with van der Waals surface area (Å²) >= 11 is 7.94. The molecule has 0 spiro atoms. The maximum absolute atomic E-state index is 12.9. The lowest BCUT2D eigenvalue weighted by molar-refractivity contribution is 0.0682. The van der Waals surface area contributed by atoms with Crippen molar-refractivity contribution < 1.29 is 14.7 Å². The Labute approximate surface area is 201 Å². The summed E-state index contributed by atoms with van der Waals surface area (Å²) in [5.41, 5.74) is 1.48. The SMILES string of the molecule is CSCCN(CCNc1ccc(Cl)c(C(=O)NCC23CCCC(CCC2)C3)c1)C(=O)O.[CH2]. The Hall–Kier alpha value is -1.60. The lowest BCUT2D eigenvalue weighted by atomic mass is 9.62. The standard InChI is InChI=1S/C23H34ClN3O3S.CH2/c1-31-13-12-27(22(29)30)11-10-25-18-6-7-20(24)19(14-18)21(28)26-16-23-8-2-4-17(15-23)5-3-9-23;/h6-7,14,17,25H,2-5,8-13,15-16H2,1H3,(H,26,28)(H,29,30);1H2. The van der Waals surface area contributed by atoms with Crippen molar-refractivity contribution >= 4 is 41.1 Å². The zero-order valence-corrected chi connectivity index (χ0v) is 20.6. The van der Waals surface area contributed by atoms with Gasteiger partial charge in [0, 0.05) is 37.6 Å². The zero-order valence-electron chi connectivity index (χ0n) is 19.0. The van der Waals surface area contributed by atoms with Crippen LogP contribution in [0.4, 0.5) is 10.5 Å². The molecule has 2 fully saturated rings. The summed E-state index contributed by atoms with van der Waals surface area (Å²) in [7, 11) is 0. The number of amides is 2. The first kappa shape index (κ1) is 26.7. The maximum atomic E-state index is 12.9. The van der Waals surface area contributed by atoms with E-state index in [1.807, 2.05) is 12.3 Å². The van der Waals surface area contributed by atoms with Crippen LogP contribution < -0.4 is 10.6 Å². The van der Waals surface area contributed by atoms with Crippen molar-refractivity contribution in [2.75, 3.05) is 43.5 Å². The van der Waals surface area contributed by atoms with E-state index in [-0.39, 0.29) is 18.7 Å². The van der Waals surface area contributed by atoms with Crippen molar-refractivity contribution in [2.45, 2.75) is 44.9 Å². The van der Waals surface area contributed by atoms with Gasteiger partial charge in [-0.2, -0.15) is 11.8 Å². The first-order chi connectivity index (χ1) is 14.9. The average molecular weight is 482 g/mol. The fourth-order valence-electron chi connectivity index (χ4n) is 5.08. The Bertz CT molecular complexity index is 767. The molecule has 178 valence electrons. The van der Waals surface area contributed by atoms with Gasteiger partial charge in [-0.05, 0) is 55.1 Å². The molecular formula is C24H36ClN3O3S. The monoisotopic (exact) mass is 481 g/mol. The number of thioether (sulfide) groups is 1. The van der Waals surface area contributed by atoms with Gasteiger partial charge in [-0.3, -0.25) is 4.79 Å². The van der Waals surface area contributed by atoms with E-state index < -0.39 is 6.09 Å². The first-order valence-electron chi connectivity index (χ1n) is 11.2. The number of hydrogen-bond acceptors (Lipinski definition) is 4. The predicted molar refractivity (Wildman–Crippen MR) is 134 cm³/mol. The van der Waals surface area contributed by atoms with Crippen LogP contribution in [-0.2, 0) is 0 Å². The van der Waals surface area contributed by atoms with Gasteiger partial charge in [0.05, 0.1) is 10.6 Å². The van der Waals surface area contributed by atoms with Crippen LogP contribution in [0.2, 0.25) is 5.02 Å². The summed E-state index contributed by atoms with van der Waals surface area (Å²) in [6.07, 6.45) is 9.90. The van der Waals surface area contributed by atoms with Gasteiger partial charge >= 0.3 is 6.09 Å². The number of benzene rings is 1. The molecule has 0 atom stereocenters. The summed E-state index contributed by atoms with van der Waals surface area (Å²) < 4.78 is 0. The van der Waals surface area contributed by atoms with E-state index in [4.69, 9.17) is 11.6 Å². The van der Waals surface area contributed by atoms with Crippen LogP contribution in [0.25, 0.3) is 0 Å². The summed E-state index contributed by atoms with van der Waals surface area (Å²) in [5.74, 6) is 1.46. The number of fused-ring (bicyclic) bond motifs is 2. The molecule has 1 aromatic carbocycles. The third-order valence-electron chi connectivity index (χ3n) is 6.74. The van der Waals surface area contributed by atoms with Gasteiger partial charge in [0.1, 0.15) is 0 Å². The van der Waals surface area contributed by atoms with Crippen LogP contribution in [0.15, 0.2) is 18.2 Å². The molecule has 2 amide bonds. The van der Waals surface area contributed by atoms with Crippen LogP contribution in [0.1, 0.15) is 55.3 Å². The maximum Gasteiger partial charge on any atom is 0.407 e. The Kier molecular flexibility index (Phi) is 10.5. The highest BCUT2D eigenvalue weighted by Gasteiger charge is 2.39. The predicted octanol–water partition coefficient (Wildman–Crippen LogP) is 5.51. The number of nitrogens with zero attached hydrogens (tertiary/aromatic N) is 1. The number of carbonyl (C=O) groups is 2. The minimum Gasteiger partial charge on any atom is -0.465 e. The molecule has 2 aliphatic rings. The smallest absolute Gasteiger partial charge is 0.407 e. The average Bonchev–Trinajstić information content (AvgIpc) is 2.75. The molecule has 0 unspecified atom stereocenters. The van der Waals surface area contributed by atoms with Gasteiger partial charge in [0.15, 0.2) is 0 Å². The Morgan fingerprint density at radius 1 is 1.25 bits per heavy atom. The molecule has 6 nitrogen and oxygen atoms in total. The molecule has 3 rings (SSSR count). The van der Waals surface area contributed by atoms with Crippen molar-refractivity contribution in [2.24, 2.45) is 11.3 Å². The molecule has 2 radical (unpaired) electrons. The van der Waals surface area contributed by atoms with Crippen molar-refractivity contribution in [1.29, 1.82) is 0 Å². The van der Waals surface area contributed by atoms with Gasteiger partial charge in [-0.1, -0.05) is 44.7 Å². The van der Waals surface area contributed by atoms with E-state index in [0.717, 1.165) is 23.9 Å². The Balaban J connectivity index is 0.00000363. The van der Waals surface area contributed by atoms with E-state index in [9.17, 15) is 14.7 Å². The van der Waals surface area contributed by atoms with E-state index in [1.165, 1.54) is 49.8 Å². The molecule has 8 heteroatoms. The van der Waals surface area contributed by atoms with E-state index in [2.05, 4.69) is 10.6 Å². The third kappa shape index (κ3) is 7.20. The molecule has 32 heavy (non-hydrogen) atoms. The molecule has 0 aliphatic heterocycles. The molecule has 3 N–H and O–H groups in total. The van der Waals surface area contributed by atoms with Gasteiger partial charge in [0.2, 0.25) is 0 Å². The molecule has 2 saturated carbocycles. The first-order valence-corrected chi connectivity index (χ1v) is 13.0. The Morgan fingerprint density at radius 2 is 1.97 bits per heavy atom. The second-order valence-corrected chi connectivity index (χ2v) is 10.3. The summed E-state index contributed by atoms with van der Waals surface area (Å²) in [4.78, 5) is 25.6. The fraction of sp³-hybridized carbons (Fsp3) is 0.625. The van der Waals surface area contributed by atoms with Gasteiger partial charge < -0.3 is 20.6 Å². The van der Waals surface area contributed by atoms with Gasteiger partial charge in [-0.25, -0.2) is 4.79 Å². The molecule has 0 heterocycles. The highest BCUT2D eigenvalue weighted by atomic mass is 35.5. The van der Waals surface area contributed by atoms with Crippen LogP contribution >= 0.6 is 23.4 Å². The number of carbonyl (C=O) groups excluding carboxylic acids is 1. The number of nitrogens with one attached hydrogen (secondary N) is 2. The second-order valence-electron chi connectivity index (χ2n) is 8.92. The second kappa shape index (κ2) is 12.6. The molecule has 2 aliphatic carbocycles. The number of halogens is 1. The van der Waals surface area contributed by atoms with Crippen molar-refractivity contribution in [1.82, 2.24) is 10.2 Å². The van der Waals surface area contributed by atoms with Gasteiger partial charge in [0.25, 0.3) is 5.91 Å². The molecular weight excluding hydrogens is 446 g/mol. The highest BCUT2D eigenvalue weighted by Crippen LogP contribution is 2.48.